The van der Waals surface area contributed by atoms with Crippen molar-refractivity contribution in [1.29, 1.82) is 0 Å². The highest BCUT2D eigenvalue weighted by molar-refractivity contribution is 7.47. The normalized spacial score (nSPS) is 13.6. The maximum Gasteiger partial charge on any atom is 0.472 e. The SMILES string of the molecule is CCCCC/C=C/C/C=C/CCCCCCCCCCCC(=O)O[C@H](COC(=O)CCCCCCCCCCCCCCCCCCCC)COP(=O)(O)OCC[N+](C)(C)C. The number of phosphoric acid groups is 1. The molecule has 10 heteroatoms. The van der Waals surface area contributed by atoms with Crippen molar-refractivity contribution in [2.45, 2.75) is 245 Å². The third kappa shape index (κ3) is 47.8. The molecule has 0 bridgehead atoms. The number of likely N-dealkylation sites (N-methyl/N-ethyl adjacent to an activating group) is 1. The molecule has 360 valence electrons. The molecule has 0 rings (SSSR count). The zero-order chi connectivity index (χ0) is 45.0. The Balaban J connectivity index is 4.24. The fourth-order valence-corrected chi connectivity index (χ4v) is 7.96. The third-order valence-corrected chi connectivity index (χ3v) is 12.2. The molecule has 0 aromatic carbocycles. The molecule has 0 saturated carbocycles. The van der Waals surface area contributed by atoms with Gasteiger partial charge in [-0.15, -0.1) is 0 Å². The van der Waals surface area contributed by atoms with Gasteiger partial charge in [-0.1, -0.05) is 205 Å². The Labute approximate surface area is 377 Å². The van der Waals surface area contributed by atoms with Crippen LogP contribution in [0, 0.1) is 0 Å². The Morgan fingerprint density at radius 1 is 0.508 bits per heavy atom. The lowest BCUT2D eigenvalue weighted by atomic mass is 10.0. The number of unbranched alkanes of at least 4 members (excludes halogenated alkanes) is 29. The van der Waals surface area contributed by atoms with Gasteiger partial charge >= 0.3 is 19.8 Å². The van der Waals surface area contributed by atoms with E-state index in [1.165, 1.54) is 161 Å². The van der Waals surface area contributed by atoms with Gasteiger partial charge in [0.2, 0.25) is 0 Å². The van der Waals surface area contributed by atoms with Crippen LogP contribution in [0.1, 0.15) is 239 Å². The van der Waals surface area contributed by atoms with Crippen LogP contribution in [-0.2, 0) is 32.7 Å². The number of phosphoric ester groups is 1. The van der Waals surface area contributed by atoms with Crippen LogP contribution in [-0.4, -0.2) is 74.9 Å². The predicted molar refractivity (Wildman–Crippen MR) is 257 cm³/mol. The van der Waals surface area contributed by atoms with Crippen LogP contribution in [0.15, 0.2) is 24.3 Å². The molecule has 0 amide bonds. The fraction of sp³-hybridized carbons (Fsp3) is 0.882. The lowest BCUT2D eigenvalue weighted by Gasteiger charge is -2.24. The first-order valence-electron chi connectivity index (χ1n) is 25.6. The van der Waals surface area contributed by atoms with Crippen LogP contribution in [0.2, 0.25) is 0 Å². The van der Waals surface area contributed by atoms with Crippen molar-refractivity contribution in [2.75, 3.05) is 47.5 Å². The third-order valence-electron chi connectivity index (χ3n) is 11.2. The molecule has 61 heavy (non-hydrogen) atoms. The van der Waals surface area contributed by atoms with E-state index in [4.69, 9.17) is 18.5 Å². The minimum atomic E-state index is -4.38. The molecule has 1 N–H and O–H groups in total. The summed E-state index contributed by atoms with van der Waals surface area (Å²) in [7, 11) is 1.48. The van der Waals surface area contributed by atoms with Gasteiger partial charge in [0, 0.05) is 12.8 Å². The number of allylic oxidation sites excluding steroid dienone is 4. The number of carbonyl (C=O) groups is 2. The first kappa shape index (κ1) is 59.5. The number of esters is 2. The number of hydrogen-bond donors (Lipinski definition) is 1. The Morgan fingerprint density at radius 2 is 0.885 bits per heavy atom. The summed E-state index contributed by atoms with van der Waals surface area (Å²) in [6.45, 7) is 4.44. The summed E-state index contributed by atoms with van der Waals surface area (Å²) in [5.41, 5.74) is 0. The average molecular weight is 885 g/mol. The maximum absolute atomic E-state index is 12.7. The van der Waals surface area contributed by atoms with E-state index >= 15 is 0 Å². The largest absolute Gasteiger partial charge is 0.472 e. The Hall–Kier alpha value is -1.51. The quantitative estimate of drug-likeness (QED) is 0.0212. The van der Waals surface area contributed by atoms with Gasteiger partial charge in [0.1, 0.15) is 19.8 Å². The van der Waals surface area contributed by atoms with Crippen molar-refractivity contribution in [3.05, 3.63) is 24.3 Å². The zero-order valence-corrected chi connectivity index (χ0v) is 41.6. The summed E-state index contributed by atoms with van der Waals surface area (Å²) in [5.74, 6) is -0.791. The van der Waals surface area contributed by atoms with Crippen molar-refractivity contribution in [1.82, 2.24) is 0 Å². The lowest BCUT2D eigenvalue weighted by Crippen LogP contribution is -2.37. The Morgan fingerprint density at radius 3 is 1.33 bits per heavy atom. The standard InChI is InChI=1S/C51H98NO8P/c1-6-8-10-12-14-16-18-20-22-24-26-28-30-32-34-36-38-40-42-44-51(54)60-49(48-59-61(55,56)58-46-45-52(3,4)5)47-57-50(53)43-41-39-37-35-33-31-29-27-25-23-21-19-17-15-13-11-9-7-2/h14,16,20,22,49H,6-13,15,17-19,21,23-48H2,1-5H3/p+1/b16-14+,22-20+/t49-/m1/s1. The van der Waals surface area contributed by atoms with Crippen molar-refractivity contribution in [3.63, 3.8) is 0 Å². The van der Waals surface area contributed by atoms with E-state index in [0.29, 0.717) is 23.9 Å². The molecule has 1 unspecified atom stereocenters. The molecular formula is C51H99NO8P+. The molecule has 0 spiro atoms. The molecule has 2 atom stereocenters. The summed E-state index contributed by atoms with van der Waals surface area (Å²) in [5, 5.41) is 0. The van der Waals surface area contributed by atoms with E-state index in [2.05, 4.69) is 38.2 Å². The van der Waals surface area contributed by atoms with Crippen molar-refractivity contribution in [3.8, 4) is 0 Å². The second kappa shape index (κ2) is 43.7. The van der Waals surface area contributed by atoms with Gasteiger partial charge in [-0.3, -0.25) is 18.6 Å². The van der Waals surface area contributed by atoms with Gasteiger partial charge < -0.3 is 18.9 Å². The number of nitrogens with zero attached hydrogens (tertiary/aromatic N) is 1. The monoisotopic (exact) mass is 885 g/mol. The highest BCUT2D eigenvalue weighted by Crippen LogP contribution is 2.43. The van der Waals surface area contributed by atoms with Crippen LogP contribution in [0.3, 0.4) is 0 Å². The molecule has 0 aliphatic carbocycles. The van der Waals surface area contributed by atoms with Crippen LogP contribution < -0.4 is 0 Å². The molecule has 0 aromatic heterocycles. The summed E-state index contributed by atoms with van der Waals surface area (Å²) in [6.07, 6.45) is 49.3. The first-order chi connectivity index (χ1) is 29.5. The minimum absolute atomic E-state index is 0.0330. The predicted octanol–water partition coefficient (Wildman–Crippen LogP) is 15.1. The second-order valence-corrected chi connectivity index (χ2v) is 20.0. The Bertz CT molecular complexity index is 1090. The molecule has 0 aliphatic rings. The molecule has 0 fully saturated rings. The highest BCUT2D eigenvalue weighted by atomic mass is 31.2. The molecule has 0 heterocycles. The van der Waals surface area contributed by atoms with Crippen LogP contribution in [0.4, 0.5) is 0 Å². The average Bonchev–Trinajstić information content (AvgIpc) is 3.21. The van der Waals surface area contributed by atoms with Gasteiger partial charge in [-0.25, -0.2) is 4.57 Å². The Kier molecular flexibility index (Phi) is 42.6. The van der Waals surface area contributed by atoms with Crippen molar-refractivity contribution >= 4 is 19.8 Å². The molecule has 0 radical (unpaired) electrons. The first-order valence-corrected chi connectivity index (χ1v) is 27.1. The van der Waals surface area contributed by atoms with E-state index in [-0.39, 0.29) is 25.6 Å². The number of ether oxygens (including phenoxy) is 2. The minimum Gasteiger partial charge on any atom is -0.462 e. The summed E-state index contributed by atoms with van der Waals surface area (Å²) in [4.78, 5) is 35.5. The van der Waals surface area contributed by atoms with E-state index in [1.807, 2.05) is 21.1 Å². The van der Waals surface area contributed by atoms with Gasteiger partial charge in [-0.2, -0.15) is 0 Å². The molecule has 0 aliphatic heterocycles. The van der Waals surface area contributed by atoms with E-state index in [9.17, 15) is 19.0 Å². The topological polar surface area (TPSA) is 108 Å². The van der Waals surface area contributed by atoms with Gasteiger partial charge in [-0.05, 0) is 44.9 Å². The van der Waals surface area contributed by atoms with E-state index in [1.54, 1.807) is 0 Å². The summed E-state index contributed by atoms with van der Waals surface area (Å²) in [6, 6.07) is 0. The van der Waals surface area contributed by atoms with Crippen LogP contribution in [0.25, 0.3) is 0 Å². The molecule has 0 aromatic rings. The number of hydrogen-bond acceptors (Lipinski definition) is 7. The zero-order valence-electron chi connectivity index (χ0n) is 40.7. The highest BCUT2D eigenvalue weighted by Gasteiger charge is 2.27. The van der Waals surface area contributed by atoms with Crippen LogP contribution in [0.5, 0.6) is 0 Å². The molecular weight excluding hydrogens is 786 g/mol. The van der Waals surface area contributed by atoms with Gasteiger partial charge in [0.05, 0.1) is 27.7 Å². The van der Waals surface area contributed by atoms with Crippen molar-refractivity contribution in [2.24, 2.45) is 0 Å². The van der Waals surface area contributed by atoms with Crippen LogP contribution >= 0.6 is 7.82 Å². The lowest BCUT2D eigenvalue weighted by molar-refractivity contribution is -0.870. The maximum atomic E-state index is 12.7. The summed E-state index contributed by atoms with van der Waals surface area (Å²) < 4.78 is 34.5. The van der Waals surface area contributed by atoms with Crippen molar-refractivity contribution < 1.29 is 42.1 Å². The number of rotatable bonds is 47. The smallest absolute Gasteiger partial charge is 0.462 e. The molecule has 9 nitrogen and oxygen atoms in total. The van der Waals surface area contributed by atoms with E-state index in [0.717, 1.165) is 44.9 Å². The van der Waals surface area contributed by atoms with E-state index < -0.39 is 26.5 Å². The second-order valence-electron chi connectivity index (χ2n) is 18.6. The van der Waals surface area contributed by atoms with Gasteiger partial charge in [0.25, 0.3) is 0 Å². The fourth-order valence-electron chi connectivity index (χ4n) is 7.22. The summed E-state index contributed by atoms with van der Waals surface area (Å²) >= 11 is 0. The number of carbonyl (C=O) groups excluding carboxylic acids is 2. The molecule has 0 saturated heterocycles. The van der Waals surface area contributed by atoms with Gasteiger partial charge in [0.15, 0.2) is 6.10 Å². The number of quaternary nitrogens is 1.